The summed E-state index contributed by atoms with van der Waals surface area (Å²) in [6, 6.07) is 1.19. The molecule has 1 aliphatic rings. The summed E-state index contributed by atoms with van der Waals surface area (Å²) >= 11 is 0. The molecule has 1 fully saturated rings. The van der Waals surface area contributed by atoms with Crippen molar-refractivity contribution in [3.05, 3.63) is 0 Å². The molecule has 1 heterocycles. The molecule has 0 bridgehead atoms. The zero-order valence-corrected chi connectivity index (χ0v) is 8.69. The van der Waals surface area contributed by atoms with Crippen LogP contribution in [0.4, 0.5) is 0 Å². The molecular formula is C11H20N2. The SMILES string of the molecule is CC#CCNC(C)C1CCCCN1. The van der Waals surface area contributed by atoms with Crippen molar-refractivity contribution in [1.29, 1.82) is 0 Å². The summed E-state index contributed by atoms with van der Waals surface area (Å²) in [5.41, 5.74) is 0. The Labute approximate surface area is 81.5 Å². The van der Waals surface area contributed by atoms with Gasteiger partial charge in [0.2, 0.25) is 0 Å². The molecule has 2 heteroatoms. The Balaban J connectivity index is 2.19. The van der Waals surface area contributed by atoms with Gasteiger partial charge in [-0.2, -0.15) is 0 Å². The molecule has 74 valence electrons. The second-order valence-electron chi connectivity index (χ2n) is 3.65. The van der Waals surface area contributed by atoms with Gasteiger partial charge in [-0.25, -0.2) is 0 Å². The van der Waals surface area contributed by atoms with Crippen LogP contribution >= 0.6 is 0 Å². The lowest BCUT2D eigenvalue weighted by atomic mass is 9.99. The Kier molecular flexibility index (Phi) is 4.88. The smallest absolute Gasteiger partial charge is 0.0578 e. The molecule has 0 aromatic heterocycles. The van der Waals surface area contributed by atoms with Crippen LogP contribution in [0, 0.1) is 11.8 Å². The Bertz CT molecular complexity index is 184. The summed E-state index contributed by atoms with van der Waals surface area (Å²) in [5.74, 6) is 5.92. The summed E-state index contributed by atoms with van der Waals surface area (Å²) < 4.78 is 0. The molecular weight excluding hydrogens is 160 g/mol. The molecule has 1 saturated heterocycles. The molecule has 1 aliphatic heterocycles. The van der Waals surface area contributed by atoms with Crippen LogP contribution in [-0.4, -0.2) is 25.2 Å². The molecule has 2 unspecified atom stereocenters. The number of rotatable bonds is 3. The molecule has 0 radical (unpaired) electrons. The lowest BCUT2D eigenvalue weighted by Gasteiger charge is -2.29. The zero-order valence-electron chi connectivity index (χ0n) is 8.69. The Morgan fingerprint density at radius 1 is 1.54 bits per heavy atom. The van der Waals surface area contributed by atoms with Gasteiger partial charge in [0, 0.05) is 12.1 Å². The Hall–Kier alpha value is -0.520. The Morgan fingerprint density at radius 3 is 3.00 bits per heavy atom. The second-order valence-corrected chi connectivity index (χ2v) is 3.65. The third-order valence-electron chi connectivity index (χ3n) is 2.64. The van der Waals surface area contributed by atoms with Gasteiger partial charge in [0.05, 0.1) is 6.54 Å². The number of hydrogen-bond acceptors (Lipinski definition) is 2. The third kappa shape index (κ3) is 3.80. The van der Waals surface area contributed by atoms with Gasteiger partial charge >= 0.3 is 0 Å². The molecule has 2 atom stereocenters. The normalized spacial score (nSPS) is 24.6. The van der Waals surface area contributed by atoms with Crippen LogP contribution in [0.15, 0.2) is 0 Å². The first-order chi connectivity index (χ1) is 6.34. The monoisotopic (exact) mass is 180 g/mol. The van der Waals surface area contributed by atoms with Crippen molar-refractivity contribution < 1.29 is 0 Å². The van der Waals surface area contributed by atoms with Crippen molar-refractivity contribution in [2.45, 2.75) is 45.2 Å². The first kappa shape index (κ1) is 10.6. The molecule has 2 nitrogen and oxygen atoms in total. The van der Waals surface area contributed by atoms with Crippen molar-refractivity contribution in [2.75, 3.05) is 13.1 Å². The number of hydrogen-bond donors (Lipinski definition) is 2. The van der Waals surface area contributed by atoms with E-state index in [1.165, 1.54) is 25.8 Å². The van der Waals surface area contributed by atoms with E-state index < -0.39 is 0 Å². The highest BCUT2D eigenvalue weighted by Crippen LogP contribution is 2.09. The molecule has 0 aliphatic carbocycles. The van der Waals surface area contributed by atoms with Crippen LogP contribution in [-0.2, 0) is 0 Å². The highest BCUT2D eigenvalue weighted by molar-refractivity contribution is 4.98. The highest BCUT2D eigenvalue weighted by Gasteiger charge is 2.17. The quantitative estimate of drug-likeness (QED) is 0.636. The topological polar surface area (TPSA) is 24.1 Å². The molecule has 13 heavy (non-hydrogen) atoms. The summed E-state index contributed by atoms with van der Waals surface area (Å²) in [5, 5.41) is 6.95. The maximum Gasteiger partial charge on any atom is 0.0578 e. The molecule has 0 aromatic rings. The Morgan fingerprint density at radius 2 is 2.38 bits per heavy atom. The maximum atomic E-state index is 3.54. The second kappa shape index (κ2) is 6.01. The predicted octanol–water partition coefficient (Wildman–Crippen LogP) is 1.13. The van der Waals surface area contributed by atoms with E-state index in [1.54, 1.807) is 0 Å². The standard InChI is InChI=1S/C11H20N2/c1-3-4-8-12-10(2)11-7-5-6-9-13-11/h10-13H,5-9H2,1-2H3. The van der Waals surface area contributed by atoms with Gasteiger partial charge in [-0.3, -0.25) is 0 Å². The van der Waals surface area contributed by atoms with Crippen LogP contribution in [0.2, 0.25) is 0 Å². The van der Waals surface area contributed by atoms with E-state index in [0.717, 1.165) is 6.54 Å². The van der Waals surface area contributed by atoms with Gasteiger partial charge in [0.25, 0.3) is 0 Å². The average Bonchev–Trinajstić information content (AvgIpc) is 2.19. The summed E-state index contributed by atoms with van der Waals surface area (Å²) in [6.07, 6.45) is 3.99. The van der Waals surface area contributed by atoms with Crippen LogP contribution in [0.1, 0.15) is 33.1 Å². The number of nitrogens with one attached hydrogen (secondary N) is 2. The fourth-order valence-electron chi connectivity index (χ4n) is 1.75. The predicted molar refractivity (Wildman–Crippen MR) is 56.6 cm³/mol. The minimum Gasteiger partial charge on any atom is -0.312 e. The van der Waals surface area contributed by atoms with Gasteiger partial charge in [-0.15, -0.1) is 5.92 Å². The van der Waals surface area contributed by atoms with E-state index in [9.17, 15) is 0 Å². The van der Waals surface area contributed by atoms with Gasteiger partial charge < -0.3 is 10.6 Å². The van der Waals surface area contributed by atoms with Crippen LogP contribution in [0.5, 0.6) is 0 Å². The van der Waals surface area contributed by atoms with E-state index in [2.05, 4.69) is 29.4 Å². The van der Waals surface area contributed by atoms with E-state index in [1.807, 2.05) is 6.92 Å². The minimum absolute atomic E-state index is 0.543. The van der Waals surface area contributed by atoms with E-state index in [-0.39, 0.29) is 0 Å². The van der Waals surface area contributed by atoms with Crippen molar-refractivity contribution in [3.8, 4) is 11.8 Å². The average molecular weight is 180 g/mol. The minimum atomic E-state index is 0.543. The van der Waals surface area contributed by atoms with Gasteiger partial charge in [0.1, 0.15) is 0 Å². The molecule has 0 saturated carbocycles. The highest BCUT2D eigenvalue weighted by atomic mass is 15.0. The van der Waals surface area contributed by atoms with Crippen molar-refractivity contribution in [3.63, 3.8) is 0 Å². The zero-order chi connectivity index (χ0) is 9.52. The summed E-state index contributed by atoms with van der Waals surface area (Å²) in [4.78, 5) is 0. The van der Waals surface area contributed by atoms with Crippen molar-refractivity contribution in [2.24, 2.45) is 0 Å². The van der Waals surface area contributed by atoms with E-state index in [0.29, 0.717) is 12.1 Å². The van der Waals surface area contributed by atoms with Crippen molar-refractivity contribution in [1.82, 2.24) is 10.6 Å². The number of piperidine rings is 1. The lowest BCUT2D eigenvalue weighted by molar-refractivity contribution is 0.331. The van der Waals surface area contributed by atoms with Crippen LogP contribution < -0.4 is 10.6 Å². The van der Waals surface area contributed by atoms with Gasteiger partial charge in [0.15, 0.2) is 0 Å². The van der Waals surface area contributed by atoms with Gasteiger partial charge in [-0.05, 0) is 33.2 Å². The molecule has 0 aromatic carbocycles. The first-order valence-electron chi connectivity index (χ1n) is 5.21. The van der Waals surface area contributed by atoms with E-state index in [4.69, 9.17) is 0 Å². The van der Waals surface area contributed by atoms with Crippen LogP contribution in [0.25, 0.3) is 0 Å². The summed E-state index contributed by atoms with van der Waals surface area (Å²) in [7, 11) is 0. The molecule has 2 N–H and O–H groups in total. The molecule has 0 spiro atoms. The summed E-state index contributed by atoms with van der Waals surface area (Å²) in [6.45, 7) is 6.11. The van der Waals surface area contributed by atoms with Gasteiger partial charge in [-0.1, -0.05) is 12.3 Å². The largest absolute Gasteiger partial charge is 0.312 e. The molecule has 1 rings (SSSR count). The fraction of sp³-hybridized carbons (Fsp3) is 0.818. The van der Waals surface area contributed by atoms with Crippen molar-refractivity contribution >= 4 is 0 Å². The fourth-order valence-corrected chi connectivity index (χ4v) is 1.75. The molecule has 0 amide bonds. The first-order valence-corrected chi connectivity index (χ1v) is 5.21. The van der Waals surface area contributed by atoms with Crippen LogP contribution in [0.3, 0.4) is 0 Å². The maximum absolute atomic E-state index is 3.54. The van der Waals surface area contributed by atoms with E-state index >= 15 is 0 Å². The third-order valence-corrected chi connectivity index (χ3v) is 2.64. The lowest BCUT2D eigenvalue weighted by Crippen LogP contribution is -2.48.